The van der Waals surface area contributed by atoms with E-state index in [1.807, 2.05) is 18.5 Å². The lowest BCUT2D eigenvalue weighted by molar-refractivity contribution is 0.598. The fraction of sp³-hybridized carbons (Fsp3) is 0.0667. The summed E-state index contributed by atoms with van der Waals surface area (Å²) < 4.78 is 28.5. The molecule has 2 rings (SSSR count). The molecule has 0 saturated carbocycles. The van der Waals surface area contributed by atoms with E-state index < -0.39 is 17.1 Å². The normalized spacial score (nSPS) is 11.2. The molecule has 0 aliphatic carbocycles. The van der Waals surface area contributed by atoms with Gasteiger partial charge in [0.2, 0.25) is 7.05 Å². The van der Waals surface area contributed by atoms with Gasteiger partial charge in [0.15, 0.2) is 0 Å². The molecular formula is C15H12N3O2PS. The van der Waals surface area contributed by atoms with Crippen LogP contribution in [-0.4, -0.2) is 8.42 Å². The number of aryl methyl sites for hydroxylation is 1. The second kappa shape index (κ2) is 6.15. The predicted octanol–water partition coefficient (Wildman–Crippen LogP) is 3.17. The number of hydrogen-bond acceptors (Lipinski definition) is 4. The average molecular weight is 329 g/mol. The summed E-state index contributed by atoms with van der Waals surface area (Å²) >= 11 is 0. The molecule has 5 nitrogen and oxygen atoms in total. The Morgan fingerprint density at radius 3 is 2.00 bits per heavy atom. The minimum atomic E-state index is -4.08. The number of benzene rings is 2. The molecule has 2 aromatic rings. The highest BCUT2D eigenvalue weighted by Crippen LogP contribution is 2.47. The van der Waals surface area contributed by atoms with Crippen molar-refractivity contribution in [3.05, 3.63) is 60.2 Å². The van der Waals surface area contributed by atoms with Gasteiger partial charge in [0, 0.05) is 5.30 Å². The molecule has 0 aliphatic heterocycles. The minimum Gasteiger partial charge on any atom is -0.199 e. The summed E-state index contributed by atoms with van der Waals surface area (Å²) in [5, 5.41) is 19.1. The molecule has 0 saturated heterocycles. The van der Waals surface area contributed by atoms with Gasteiger partial charge in [-0.25, -0.2) is 0 Å². The summed E-state index contributed by atoms with van der Waals surface area (Å²) in [5.41, 5.74) is 0.906. The van der Waals surface area contributed by atoms with Crippen LogP contribution in [0.15, 0.2) is 63.6 Å². The van der Waals surface area contributed by atoms with Crippen molar-refractivity contribution in [3.63, 3.8) is 0 Å². The van der Waals surface area contributed by atoms with Gasteiger partial charge in [-0.15, -0.1) is 4.15 Å². The summed E-state index contributed by atoms with van der Waals surface area (Å²) in [6.07, 6.45) is 0. The van der Waals surface area contributed by atoms with Gasteiger partial charge in [0.25, 0.3) is 10.0 Å². The molecular weight excluding hydrogens is 317 g/mol. The lowest BCUT2D eigenvalue weighted by Gasteiger charge is -2.08. The Kier molecular flexibility index (Phi) is 4.47. The zero-order valence-electron chi connectivity index (χ0n) is 11.7. The van der Waals surface area contributed by atoms with Crippen molar-refractivity contribution >= 4 is 22.4 Å². The van der Waals surface area contributed by atoms with Crippen molar-refractivity contribution in [2.24, 2.45) is 4.15 Å². The maximum absolute atomic E-state index is 12.4. The van der Waals surface area contributed by atoms with Crippen LogP contribution in [0, 0.1) is 29.1 Å². The smallest absolute Gasteiger partial charge is 0.199 e. The van der Waals surface area contributed by atoms with Crippen LogP contribution < -0.4 is 5.30 Å². The lowest BCUT2D eigenvalue weighted by Crippen LogP contribution is -2.05. The Hall–Kier alpha value is -2.40. The molecule has 0 atom stereocenters. The van der Waals surface area contributed by atoms with Crippen molar-refractivity contribution in [1.82, 2.24) is 0 Å². The van der Waals surface area contributed by atoms with Crippen molar-refractivity contribution in [2.75, 3.05) is 0 Å². The van der Waals surface area contributed by atoms with Crippen LogP contribution in [0.5, 0.6) is 0 Å². The lowest BCUT2D eigenvalue weighted by atomic mass is 10.2. The minimum absolute atomic E-state index is 0.0242. The highest BCUT2D eigenvalue weighted by Gasteiger charge is 2.27. The van der Waals surface area contributed by atoms with Crippen molar-refractivity contribution in [3.8, 4) is 11.6 Å². The Labute approximate surface area is 129 Å². The molecule has 0 aliphatic rings. The molecule has 0 N–H and O–H groups in total. The topological polar surface area (TPSA) is 94.1 Å². The first-order valence-electron chi connectivity index (χ1n) is 6.27. The predicted molar refractivity (Wildman–Crippen MR) is 85.0 cm³/mol. The van der Waals surface area contributed by atoms with Crippen LogP contribution in [-0.2, 0) is 10.0 Å². The molecule has 0 aromatic heterocycles. The summed E-state index contributed by atoms with van der Waals surface area (Å²) in [7, 11) is -7.54. The van der Waals surface area contributed by atoms with Crippen molar-refractivity contribution in [2.45, 2.75) is 11.8 Å². The van der Waals surface area contributed by atoms with Crippen LogP contribution in [0.4, 0.5) is 0 Å². The Bertz CT molecular complexity index is 903. The largest absolute Gasteiger partial charge is 0.283 e. The van der Waals surface area contributed by atoms with Crippen molar-refractivity contribution < 1.29 is 8.42 Å². The van der Waals surface area contributed by atoms with Gasteiger partial charge in [-0.3, -0.25) is 0 Å². The van der Waals surface area contributed by atoms with Gasteiger partial charge in [-0.1, -0.05) is 48.0 Å². The van der Waals surface area contributed by atoms with E-state index in [-0.39, 0.29) is 4.90 Å². The number of nitriles is 2. The molecule has 0 spiro atoms. The zero-order valence-corrected chi connectivity index (χ0v) is 13.4. The van der Waals surface area contributed by atoms with Crippen LogP contribution in [0.1, 0.15) is 5.56 Å². The molecule has 0 fully saturated rings. The van der Waals surface area contributed by atoms with E-state index in [0.29, 0.717) is 5.30 Å². The zero-order chi connectivity index (χ0) is 16.2. The molecule has 7 heteroatoms. The highest BCUT2D eigenvalue weighted by atomic mass is 32.2. The van der Waals surface area contributed by atoms with Crippen LogP contribution >= 0.6 is 7.05 Å². The van der Waals surface area contributed by atoms with Gasteiger partial charge in [-0.05, 0) is 19.1 Å². The van der Waals surface area contributed by atoms with E-state index in [4.69, 9.17) is 0 Å². The van der Waals surface area contributed by atoms with Gasteiger partial charge < -0.3 is 0 Å². The summed E-state index contributed by atoms with van der Waals surface area (Å²) in [4.78, 5) is -0.0242. The van der Waals surface area contributed by atoms with E-state index in [1.165, 1.54) is 12.1 Å². The van der Waals surface area contributed by atoms with E-state index in [9.17, 15) is 18.9 Å². The summed E-state index contributed by atoms with van der Waals surface area (Å²) in [6.45, 7) is 1.83. The maximum atomic E-state index is 12.4. The van der Waals surface area contributed by atoms with E-state index in [0.717, 1.165) is 5.56 Å². The monoisotopic (exact) mass is 329 g/mol. The van der Waals surface area contributed by atoms with E-state index in [2.05, 4.69) is 4.15 Å². The van der Waals surface area contributed by atoms with E-state index in [1.54, 1.807) is 42.5 Å². The first kappa shape index (κ1) is 16.0. The Balaban J connectivity index is 2.69. The fourth-order valence-electron chi connectivity index (χ4n) is 1.78. The van der Waals surface area contributed by atoms with Crippen LogP contribution in [0.2, 0.25) is 0 Å². The molecule has 0 unspecified atom stereocenters. The summed E-state index contributed by atoms with van der Waals surface area (Å²) in [6, 6.07) is 14.2. The standard InChI is InChI=1S/C15H12N3O2PS/c1-13-7-9-15(10-8-13)22(19,20)18-21(11-16,12-17)14-5-3-2-4-6-14/h2-10H,1H3. The SMILES string of the molecule is Cc1ccc(S(=O)(=O)N=P(C#N)(C#N)c2ccccc2)cc1. The average Bonchev–Trinajstić information content (AvgIpc) is 2.54. The van der Waals surface area contributed by atoms with Crippen LogP contribution in [0.3, 0.4) is 0 Å². The molecule has 2 aromatic carbocycles. The third-order valence-electron chi connectivity index (χ3n) is 2.97. The highest BCUT2D eigenvalue weighted by molar-refractivity contribution is 7.97. The van der Waals surface area contributed by atoms with Gasteiger partial charge in [-0.2, -0.15) is 18.9 Å². The number of hydrogen-bond donors (Lipinski definition) is 0. The molecule has 0 amide bonds. The molecule has 0 heterocycles. The number of rotatable bonds is 3. The Morgan fingerprint density at radius 2 is 1.50 bits per heavy atom. The Morgan fingerprint density at radius 1 is 0.955 bits per heavy atom. The van der Waals surface area contributed by atoms with Gasteiger partial charge in [0.05, 0.1) is 4.90 Å². The summed E-state index contributed by atoms with van der Waals surface area (Å²) in [5.74, 6) is 3.65. The molecule has 0 radical (unpaired) electrons. The van der Waals surface area contributed by atoms with E-state index >= 15 is 0 Å². The fourth-order valence-corrected chi connectivity index (χ4v) is 5.48. The quantitative estimate of drug-likeness (QED) is 0.808. The molecule has 22 heavy (non-hydrogen) atoms. The maximum Gasteiger partial charge on any atom is 0.283 e. The van der Waals surface area contributed by atoms with Gasteiger partial charge in [0.1, 0.15) is 11.6 Å². The molecule has 110 valence electrons. The van der Waals surface area contributed by atoms with Gasteiger partial charge >= 0.3 is 0 Å². The second-order valence-electron chi connectivity index (χ2n) is 4.54. The third kappa shape index (κ3) is 3.09. The van der Waals surface area contributed by atoms with Crippen LogP contribution in [0.25, 0.3) is 0 Å². The second-order valence-corrected chi connectivity index (χ2v) is 8.80. The third-order valence-corrected chi connectivity index (χ3v) is 7.30. The molecule has 0 bridgehead atoms. The first-order chi connectivity index (χ1) is 10.4. The number of nitrogens with zero attached hydrogens (tertiary/aromatic N) is 3. The first-order valence-corrected chi connectivity index (χ1v) is 9.45. The number of sulfonamides is 1. The van der Waals surface area contributed by atoms with Crippen molar-refractivity contribution in [1.29, 1.82) is 10.5 Å².